The highest BCUT2D eigenvalue weighted by Gasteiger charge is 2.09. The Bertz CT molecular complexity index is 1110. The molecule has 0 unspecified atom stereocenters. The van der Waals surface area contributed by atoms with E-state index in [0.717, 1.165) is 21.7 Å². The second kappa shape index (κ2) is 6.62. The Morgan fingerprint density at radius 2 is 2.00 bits per heavy atom. The molecule has 8 heteroatoms. The Morgan fingerprint density at radius 3 is 2.88 bits per heavy atom. The molecule has 6 nitrogen and oxygen atoms in total. The zero-order valence-corrected chi connectivity index (χ0v) is 14.5. The number of halogens is 1. The minimum Gasteiger partial charge on any atom is -0.330 e. The van der Waals surface area contributed by atoms with Crippen LogP contribution in [-0.4, -0.2) is 19.7 Å². The SMILES string of the molecule is O=c1cnc2ccccc2n1Cc1nnc(Nc2cccc(Cl)c2)s1. The first-order valence-corrected chi connectivity index (χ1v) is 8.68. The van der Waals surface area contributed by atoms with Gasteiger partial charge in [-0.1, -0.05) is 41.1 Å². The van der Waals surface area contributed by atoms with Crippen molar-refractivity contribution in [3.63, 3.8) is 0 Å². The van der Waals surface area contributed by atoms with Gasteiger partial charge in [-0.15, -0.1) is 10.2 Å². The molecule has 0 bridgehead atoms. The average molecular weight is 370 g/mol. The molecule has 1 N–H and O–H groups in total. The maximum atomic E-state index is 12.2. The van der Waals surface area contributed by atoms with Crippen LogP contribution in [0.3, 0.4) is 0 Å². The van der Waals surface area contributed by atoms with Crippen LogP contribution >= 0.6 is 22.9 Å². The van der Waals surface area contributed by atoms with Crippen LogP contribution in [0.15, 0.2) is 59.5 Å². The molecule has 0 spiro atoms. The van der Waals surface area contributed by atoms with Gasteiger partial charge in [0, 0.05) is 10.7 Å². The smallest absolute Gasteiger partial charge is 0.269 e. The van der Waals surface area contributed by atoms with E-state index in [9.17, 15) is 4.79 Å². The predicted molar refractivity (Wildman–Crippen MR) is 99.7 cm³/mol. The van der Waals surface area contributed by atoms with Crippen LogP contribution in [0.1, 0.15) is 5.01 Å². The third kappa shape index (κ3) is 3.38. The lowest BCUT2D eigenvalue weighted by Crippen LogP contribution is -2.20. The molecule has 2 aromatic heterocycles. The topological polar surface area (TPSA) is 72.7 Å². The fraction of sp³-hybridized carbons (Fsp3) is 0.0588. The molecule has 4 aromatic rings. The lowest BCUT2D eigenvalue weighted by Gasteiger charge is -2.06. The van der Waals surface area contributed by atoms with Crippen molar-refractivity contribution in [1.29, 1.82) is 0 Å². The number of aromatic nitrogens is 4. The normalized spacial score (nSPS) is 10.9. The summed E-state index contributed by atoms with van der Waals surface area (Å²) in [5.41, 5.74) is 2.21. The van der Waals surface area contributed by atoms with E-state index in [2.05, 4.69) is 20.5 Å². The number of benzene rings is 2. The summed E-state index contributed by atoms with van der Waals surface area (Å²) in [5, 5.41) is 13.5. The van der Waals surface area contributed by atoms with E-state index in [1.54, 1.807) is 10.6 Å². The number of nitrogens with one attached hydrogen (secondary N) is 1. The minimum absolute atomic E-state index is 0.168. The first-order chi connectivity index (χ1) is 12.2. The fourth-order valence-corrected chi connectivity index (χ4v) is 3.41. The summed E-state index contributed by atoms with van der Waals surface area (Å²) in [5.74, 6) is 0. The summed E-state index contributed by atoms with van der Waals surface area (Å²) in [4.78, 5) is 16.4. The Balaban J connectivity index is 1.62. The molecule has 0 aliphatic heterocycles. The van der Waals surface area contributed by atoms with Crippen molar-refractivity contribution in [2.24, 2.45) is 0 Å². The summed E-state index contributed by atoms with van der Waals surface area (Å²) in [7, 11) is 0. The number of hydrogen-bond acceptors (Lipinski definition) is 6. The van der Waals surface area contributed by atoms with Gasteiger partial charge in [0.2, 0.25) is 5.13 Å². The first kappa shape index (κ1) is 15.7. The summed E-state index contributed by atoms with van der Waals surface area (Å²) in [6, 6.07) is 14.9. The van der Waals surface area contributed by atoms with Gasteiger partial charge in [0.05, 0.1) is 23.8 Å². The number of nitrogens with zero attached hydrogens (tertiary/aromatic N) is 4. The van der Waals surface area contributed by atoms with E-state index in [-0.39, 0.29) is 5.56 Å². The molecule has 0 saturated heterocycles. The Labute approximate surface area is 151 Å². The molecule has 0 aliphatic carbocycles. The summed E-state index contributed by atoms with van der Waals surface area (Å²) >= 11 is 7.37. The monoisotopic (exact) mass is 369 g/mol. The Morgan fingerprint density at radius 1 is 1.12 bits per heavy atom. The Hall–Kier alpha value is -2.77. The number of para-hydroxylation sites is 2. The van der Waals surface area contributed by atoms with Gasteiger partial charge in [-0.2, -0.15) is 0 Å². The van der Waals surface area contributed by atoms with Gasteiger partial charge < -0.3 is 5.32 Å². The number of anilines is 2. The van der Waals surface area contributed by atoms with Crippen molar-refractivity contribution in [3.8, 4) is 0 Å². The van der Waals surface area contributed by atoms with Gasteiger partial charge in [0.25, 0.3) is 5.56 Å². The van der Waals surface area contributed by atoms with Gasteiger partial charge in [0.15, 0.2) is 0 Å². The number of rotatable bonds is 4. The van der Waals surface area contributed by atoms with E-state index < -0.39 is 0 Å². The van der Waals surface area contributed by atoms with Crippen molar-refractivity contribution in [1.82, 2.24) is 19.7 Å². The van der Waals surface area contributed by atoms with Crippen LogP contribution in [-0.2, 0) is 6.54 Å². The van der Waals surface area contributed by atoms with Crippen molar-refractivity contribution in [3.05, 3.63) is 75.1 Å². The second-order valence-corrected chi connectivity index (χ2v) is 6.81. The van der Waals surface area contributed by atoms with Crippen molar-refractivity contribution < 1.29 is 0 Å². The maximum absolute atomic E-state index is 12.2. The van der Waals surface area contributed by atoms with Crippen molar-refractivity contribution in [2.75, 3.05) is 5.32 Å². The quantitative estimate of drug-likeness (QED) is 0.594. The van der Waals surface area contributed by atoms with Crippen molar-refractivity contribution in [2.45, 2.75) is 6.54 Å². The third-order valence-electron chi connectivity index (χ3n) is 3.59. The average Bonchev–Trinajstić information content (AvgIpc) is 3.04. The van der Waals surface area contributed by atoms with Crippen LogP contribution in [0.25, 0.3) is 11.0 Å². The zero-order chi connectivity index (χ0) is 17.2. The molecule has 0 fully saturated rings. The van der Waals surface area contributed by atoms with Gasteiger partial charge in [-0.25, -0.2) is 4.98 Å². The van der Waals surface area contributed by atoms with Crippen molar-refractivity contribution >= 4 is 44.8 Å². The standard InChI is InChI=1S/C17H12ClN5OS/c18-11-4-3-5-12(8-11)20-17-22-21-15(25-17)10-23-14-7-2-1-6-13(14)19-9-16(23)24/h1-9H,10H2,(H,20,22). The lowest BCUT2D eigenvalue weighted by molar-refractivity contribution is 0.769. The highest BCUT2D eigenvalue weighted by molar-refractivity contribution is 7.15. The predicted octanol–water partition coefficient (Wildman–Crippen LogP) is 3.69. The second-order valence-electron chi connectivity index (χ2n) is 5.31. The molecule has 0 saturated carbocycles. The van der Waals surface area contributed by atoms with Crippen LogP contribution in [0.4, 0.5) is 10.8 Å². The van der Waals surface area contributed by atoms with E-state index in [0.29, 0.717) is 16.7 Å². The summed E-state index contributed by atoms with van der Waals surface area (Å²) in [6.45, 7) is 0.344. The molecule has 0 amide bonds. The van der Waals surface area contributed by atoms with Gasteiger partial charge in [0.1, 0.15) is 5.01 Å². The fourth-order valence-electron chi connectivity index (χ4n) is 2.47. The van der Waals surface area contributed by atoms with Crippen LogP contribution in [0.5, 0.6) is 0 Å². The van der Waals surface area contributed by atoms with Crippen LogP contribution < -0.4 is 10.9 Å². The minimum atomic E-state index is -0.168. The molecule has 25 heavy (non-hydrogen) atoms. The van der Waals surface area contributed by atoms with Gasteiger partial charge in [-0.3, -0.25) is 9.36 Å². The molecule has 2 aromatic carbocycles. The van der Waals surface area contributed by atoms with Gasteiger partial charge >= 0.3 is 0 Å². The number of fused-ring (bicyclic) bond motifs is 1. The van der Waals surface area contributed by atoms with E-state index in [1.807, 2.05) is 42.5 Å². The molecule has 124 valence electrons. The van der Waals surface area contributed by atoms with E-state index >= 15 is 0 Å². The third-order valence-corrected chi connectivity index (χ3v) is 4.65. The molecule has 2 heterocycles. The summed E-state index contributed by atoms with van der Waals surface area (Å²) < 4.78 is 1.64. The lowest BCUT2D eigenvalue weighted by atomic mass is 10.3. The molecule has 0 atom stereocenters. The van der Waals surface area contributed by atoms with E-state index in [1.165, 1.54) is 17.5 Å². The van der Waals surface area contributed by atoms with Crippen LogP contribution in [0.2, 0.25) is 5.02 Å². The van der Waals surface area contributed by atoms with Gasteiger partial charge in [-0.05, 0) is 30.3 Å². The van der Waals surface area contributed by atoms with Crippen LogP contribution in [0, 0.1) is 0 Å². The largest absolute Gasteiger partial charge is 0.330 e. The molecular formula is C17H12ClN5OS. The molecule has 0 radical (unpaired) electrons. The summed E-state index contributed by atoms with van der Waals surface area (Å²) in [6.07, 6.45) is 1.33. The highest BCUT2D eigenvalue weighted by atomic mass is 35.5. The molecule has 4 rings (SSSR count). The zero-order valence-electron chi connectivity index (χ0n) is 12.9. The molecular weight excluding hydrogens is 358 g/mol. The highest BCUT2D eigenvalue weighted by Crippen LogP contribution is 2.23. The maximum Gasteiger partial charge on any atom is 0.269 e. The molecule has 0 aliphatic rings. The first-order valence-electron chi connectivity index (χ1n) is 7.48. The van der Waals surface area contributed by atoms with E-state index in [4.69, 9.17) is 11.6 Å². The number of hydrogen-bond donors (Lipinski definition) is 1. The Kier molecular flexibility index (Phi) is 4.17.